The minimum absolute atomic E-state index is 0.201. The number of unbranched alkanes of at least 4 members (excludes halogenated alkanes) is 3. The fourth-order valence-corrected chi connectivity index (χ4v) is 2.85. The van der Waals surface area contributed by atoms with Crippen LogP contribution in [-0.4, -0.2) is 12.6 Å². The summed E-state index contributed by atoms with van der Waals surface area (Å²) in [7, 11) is 0. The predicted molar refractivity (Wildman–Crippen MR) is 118 cm³/mol. The Labute approximate surface area is 185 Å². The molecule has 3 rings (SSSR count). The molecule has 3 aromatic rings. The zero-order valence-corrected chi connectivity index (χ0v) is 17.8. The molecule has 3 aromatic carbocycles. The summed E-state index contributed by atoms with van der Waals surface area (Å²) in [5.74, 6) is -1.46. The molecule has 0 aliphatic heterocycles. The quantitative estimate of drug-likeness (QED) is 0.142. The standard InChI is InChI=1S/C25H24F2N2O3/c1-2-3-4-5-15-31-22-12-9-18(10-13-22)25(30)32-24-14-11-21(17-23(24)27)29-28-20-8-6-7-19(26)16-20/h6-14,16-17H,2-5,15H2,1H3. The third-order valence-electron chi connectivity index (χ3n) is 4.56. The van der Waals surface area contributed by atoms with Gasteiger partial charge in [0.2, 0.25) is 0 Å². The smallest absolute Gasteiger partial charge is 0.343 e. The molecular formula is C25H24F2N2O3. The van der Waals surface area contributed by atoms with E-state index in [9.17, 15) is 13.6 Å². The largest absolute Gasteiger partial charge is 0.494 e. The Morgan fingerprint density at radius 2 is 1.62 bits per heavy atom. The minimum Gasteiger partial charge on any atom is -0.494 e. The van der Waals surface area contributed by atoms with Gasteiger partial charge in [0.1, 0.15) is 11.6 Å². The summed E-state index contributed by atoms with van der Waals surface area (Å²) in [5.41, 5.74) is 0.777. The molecule has 0 N–H and O–H groups in total. The Bertz CT molecular complexity index is 1070. The lowest BCUT2D eigenvalue weighted by Crippen LogP contribution is -2.09. The molecule has 0 bridgehead atoms. The molecule has 0 fully saturated rings. The van der Waals surface area contributed by atoms with E-state index >= 15 is 0 Å². The number of hydrogen-bond acceptors (Lipinski definition) is 5. The fraction of sp³-hybridized carbons (Fsp3) is 0.240. The van der Waals surface area contributed by atoms with Crippen molar-refractivity contribution in [3.8, 4) is 11.5 Å². The summed E-state index contributed by atoms with van der Waals surface area (Å²) < 4.78 is 38.3. The number of ether oxygens (including phenoxy) is 2. The van der Waals surface area contributed by atoms with Gasteiger partial charge in [-0.2, -0.15) is 10.2 Å². The molecule has 0 heterocycles. The Balaban J connectivity index is 1.56. The van der Waals surface area contributed by atoms with Crippen molar-refractivity contribution in [2.24, 2.45) is 10.2 Å². The van der Waals surface area contributed by atoms with Crippen molar-refractivity contribution in [1.29, 1.82) is 0 Å². The molecule has 0 atom stereocenters. The fourth-order valence-electron chi connectivity index (χ4n) is 2.85. The van der Waals surface area contributed by atoms with Crippen LogP contribution in [0.2, 0.25) is 0 Å². The first-order valence-corrected chi connectivity index (χ1v) is 10.5. The number of rotatable bonds is 10. The van der Waals surface area contributed by atoms with Gasteiger partial charge in [0, 0.05) is 12.1 Å². The number of carbonyl (C=O) groups excluding carboxylic acids is 1. The van der Waals surface area contributed by atoms with Crippen LogP contribution in [0.3, 0.4) is 0 Å². The lowest BCUT2D eigenvalue weighted by Gasteiger charge is -2.08. The second kappa shape index (κ2) is 11.7. The molecule has 0 saturated heterocycles. The molecule has 0 unspecified atom stereocenters. The van der Waals surface area contributed by atoms with Gasteiger partial charge in [0.15, 0.2) is 11.6 Å². The van der Waals surface area contributed by atoms with E-state index in [1.54, 1.807) is 30.3 Å². The van der Waals surface area contributed by atoms with Gasteiger partial charge in [-0.15, -0.1) is 0 Å². The maximum absolute atomic E-state index is 14.3. The lowest BCUT2D eigenvalue weighted by atomic mass is 10.2. The van der Waals surface area contributed by atoms with Crippen LogP contribution in [0.5, 0.6) is 11.5 Å². The summed E-state index contributed by atoms with van der Waals surface area (Å²) >= 11 is 0. The van der Waals surface area contributed by atoms with Crippen LogP contribution in [0.4, 0.5) is 20.2 Å². The molecule has 0 saturated carbocycles. The first-order valence-electron chi connectivity index (χ1n) is 10.5. The predicted octanol–water partition coefficient (Wildman–Crippen LogP) is 7.56. The highest BCUT2D eigenvalue weighted by Gasteiger charge is 2.13. The molecule has 0 aromatic heterocycles. The molecule has 5 nitrogen and oxygen atoms in total. The monoisotopic (exact) mass is 438 g/mol. The van der Waals surface area contributed by atoms with Gasteiger partial charge in [-0.25, -0.2) is 13.6 Å². The van der Waals surface area contributed by atoms with E-state index in [4.69, 9.17) is 9.47 Å². The number of benzene rings is 3. The molecule has 0 radical (unpaired) electrons. The summed E-state index contributed by atoms with van der Waals surface area (Å²) in [6.45, 7) is 2.78. The minimum atomic E-state index is -0.763. The van der Waals surface area contributed by atoms with Crippen LogP contribution in [-0.2, 0) is 0 Å². The van der Waals surface area contributed by atoms with E-state index in [0.29, 0.717) is 18.0 Å². The molecule has 32 heavy (non-hydrogen) atoms. The van der Waals surface area contributed by atoms with Gasteiger partial charge < -0.3 is 9.47 Å². The number of carbonyl (C=O) groups is 1. The van der Waals surface area contributed by atoms with Crippen molar-refractivity contribution < 1.29 is 23.0 Å². The number of azo groups is 1. The molecule has 0 spiro atoms. The number of halogens is 2. The van der Waals surface area contributed by atoms with Gasteiger partial charge in [-0.1, -0.05) is 32.3 Å². The Kier molecular flexibility index (Phi) is 8.43. The summed E-state index contributed by atoms with van der Waals surface area (Å²) in [5, 5.41) is 7.73. The van der Waals surface area contributed by atoms with Crippen molar-refractivity contribution in [3.05, 3.63) is 83.9 Å². The van der Waals surface area contributed by atoms with Gasteiger partial charge in [-0.3, -0.25) is 0 Å². The highest BCUT2D eigenvalue weighted by atomic mass is 19.1. The summed E-state index contributed by atoms with van der Waals surface area (Å²) in [6.07, 6.45) is 4.45. The van der Waals surface area contributed by atoms with Gasteiger partial charge >= 0.3 is 5.97 Å². The number of nitrogens with zero attached hydrogens (tertiary/aromatic N) is 2. The van der Waals surface area contributed by atoms with Crippen LogP contribution in [0.1, 0.15) is 43.0 Å². The number of hydrogen-bond donors (Lipinski definition) is 0. The third kappa shape index (κ3) is 6.97. The maximum atomic E-state index is 14.3. The van der Waals surface area contributed by atoms with Gasteiger partial charge in [-0.05, 0) is 55.0 Å². The zero-order valence-electron chi connectivity index (χ0n) is 17.8. The van der Waals surface area contributed by atoms with Gasteiger partial charge in [0.25, 0.3) is 0 Å². The van der Waals surface area contributed by atoms with Crippen LogP contribution in [0, 0.1) is 11.6 Å². The van der Waals surface area contributed by atoms with Crippen LogP contribution in [0.25, 0.3) is 0 Å². The van der Waals surface area contributed by atoms with Crippen LogP contribution < -0.4 is 9.47 Å². The van der Waals surface area contributed by atoms with E-state index in [1.165, 1.54) is 43.2 Å². The Morgan fingerprint density at radius 1 is 0.875 bits per heavy atom. The molecule has 166 valence electrons. The van der Waals surface area contributed by atoms with Crippen molar-refractivity contribution in [2.45, 2.75) is 32.6 Å². The van der Waals surface area contributed by atoms with Crippen molar-refractivity contribution >= 4 is 17.3 Å². The van der Waals surface area contributed by atoms with Crippen molar-refractivity contribution in [3.63, 3.8) is 0 Å². The molecule has 7 heteroatoms. The lowest BCUT2D eigenvalue weighted by molar-refractivity contribution is 0.0728. The molecule has 0 aliphatic carbocycles. The normalized spacial score (nSPS) is 11.0. The van der Waals surface area contributed by atoms with E-state index in [2.05, 4.69) is 17.2 Å². The van der Waals surface area contributed by atoms with E-state index < -0.39 is 17.6 Å². The Morgan fingerprint density at radius 3 is 2.31 bits per heavy atom. The summed E-state index contributed by atoms with van der Waals surface area (Å²) in [6, 6.07) is 15.9. The van der Waals surface area contributed by atoms with E-state index in [1.807, 2.05) is 0 Å². The average molecular weight is 438 g/mol. The second-order valence-corrected chi connectivity index (χ2v) is 7.12. The topological polar surface area (TPSA) is 60.2 Å². The molecule has 0 aliphatic rings. The first kappa shape index (κ1) is 23.1. The van der Waals surface area contributed by atoms with Crippen molar-refractivity contribution in [2.75, 3.05) is 6.61 Å². The average Bonchev–Trinajstić information content (AvgIpc) is 2.79. The van der Waals surface area contributed by atoms with E-state index in [0.717, 1.165) is 18.9 Å². The molecule has 0 amide bonds. The van der Waals surface area contributed by atoms with E-state index in [-0.39, 0.29) is 17.0 Å². The maximum Gasteiger partial charge on any atom is 0.343 e. The molecular weight excluding hydrogens is 414 g/mol. The third-order valence-corrected chi connectivity index (χ3v) is 4.56. The SMILES string of the molecule is CCCCCCOc1ccc(C(=O)Oc2ccc(N=Nc3cccc(F)c3)cc2F)cc1. The van der Waals surface area contributed by atoms with Crippen LogP contribution >= 0.6 is 0 Å². The highest BCUT2D eigenvalue weighted by Crippen LogP contribution is 2.26. The zero-order chi connectivity index (χ0) is 22.8. The van der Waals surface area contributed by atoms with Gasteiger partial charge in [0.05, 0.1) is 23.5 Å². The summed E-state index contributed by atoms with van der Waals surface area (Å²) in [4.78, 5) is 12.3. The van der Waals surface area contributed by atoms with Crippen LogP contribution in [0.15, 0.2) is 77.0 Å². The Hall–Kier alpha value is -3.61. The highest BCUT2D eigenvalue weighted by molar-refractivity contribution is 5.91. The second-order valence-electron chi connectivity index (χ2n) is 7.12. The number of esters is 1. The van der Waals surface area contributed by atoms with Crippen molar-refractivity contribution in [1.82, 2.24) is 0 Å². The first-order chi connectivity index (χ1) is 15.5.